The van der Waals surface area contributed by atoms with Gasteiger partial charge in [0.25, 0.3) is 5.91 Å². The highest BCUT2D eigenvalue weighted by atomic mass is 19.1. The van der Waals surface area contributed by atoms with Crippen LogP contribution in [0.2, 0.25) is 0 Å². The average Bonchev–Trinajstić information content (AvgIpc) is 2.30. The number of rotatable bonds is 2. The molecule has 1 aliphatic carbocycles. The molecule has 0 aromatic heterocycles. The fraction of sp³-hybridized carbons (Fsp3) is 0.462. The Bertz CT molecular complexity index is 414. The van der Waals surface area contributed by atoms with Gasteiger partial charge in [-0.3, -0.25) is 4.79 Å². The van der Waals surface area contributed by atoms with E-state index in [4.69, 9.17) is 5.73 Å². The number of amides is 1. The number of anilines is 1. The van der Waals surface area contributed by atoms with Crippen molar-refractivity contribution in [1.82, 2.24) is 5.32 Å². The van der Waals surface area contributed by atoms with Crippen LogP contribution in [0.1, 0.15) is 42.5 Å². The Morgan fingerprint density at radius 2 is 2.00 bits per heavy atom. The standard InChI is InChI=1S/C13H17FN2O/c14-12-8-9(15)6-7-11(12)13(17)16-10-4-2-1-3-5-10/h6-8,10H,1-5,15H2,(H,16,17). The molecule has 92 valence electrons. The molecule has 1 aromatic carbocycles. The average molecular weight is 236 g/mol. The van der Waals surface area contributed by atoms with Crippen molar-refractivity contribution >= 4 is 11.6 Å². The molecule has 1 aromatic rings. The third-order valence-corrected chi connectivity index (χ3v) is 3.18. The van der Waals surface area contributed by atoms with E-state index in [1.807, 2.05) is 0 Å². The Morgan fingerprint density at radius 3 is 2.65 bits per heavy atom. The second-order valence-corrected chi connectivity index (χ2v) is 4.55. The van der Waals surface area contributed by atoms with E-state index in [9.17, 15) is 9.18 Å². The minimum absolute atomic E-state index is 0.0739. The summed E-state index contributed by atoms with van der Waals surface area (Å²) in [5, 5.41) is 2.88. The van der Waals surface area contributed by atoms with Gasteiger partial charge < -0.3 is 11.1 Å². The molecule has 1 saturated carbocycles. The van der Waals surface area contributed by atoms with E-state index in [0.29, 0.717) is 5.69 Å². The zero-order chi connectivity index (χ0) is 12.3. The molecule has 3 nitrogen and oxygen atoms in total. The van der Waals surface area contributed by atoms with Gasteiger partial charge in [-0.25, -0.2) is 4.39 Å². The van der Waals surface area contributed by atoms with E-state index in [2.05, 4.69) is 5.32 Å². The second-order valence-electron chi connectivity index (χ2n) is 4.55. The summed E-state index contributed by atoms with van der Waals surface area (Å²) in [6.45, 7) is 0. The first-order chi connectivity index (χ1) is 8.16. The van der Waals surface area contributed by atoms with E-state index in [1.165, 1.54) is 18.6 Å². The number of nitrogens with one attached hydrogen (secondary N) is 1. The van der Waals surface area contributed by atoms with Crippen molar-refractivity contribution in [2.45, 2.75) is 38.1 Å². The highest BCUT2D eigenvalue weighted by Gasteiger charge is 2.18. The highest BCUT2D eigenvalue weighted by molar-refractivity contribution is 5.95. The second kappa shape index (κ2) is 5.17. The number of hydrogen-bond donors (Lipinski definition) is 2. The number of nitrogens with two attached hydrogens (primary N) is 1. The molecule has 0 bridgehead atoms. The van der Waals surface area contributed by atoms with Crippen LogP contribution in [0.25, 0.3) is 0 Å². The minimum atomic E-state index is -0.557. The molecule has 17 heavy (non-hydrogen) atoms. The van der Waals surface area contributed by atoms with Crippen LogP contribution in [0.15, 0.2) is 18.2 Å². The summed E-state index contributed by atoms with van der Waals surface area (Å²) in [6.07, 6.45) is 5.47. The lowest BCUT2D eigenvalue weighted by molar-refractivity contribution is 0.0923. The summed E-state index contributed by atoms with van der Waals surface area (Å²) in [6, 6.07) is 4.34. The fourth-order valence-electron chi connectivity index (χ4n) is 2.23. The number of benzene rings is 1. The fourth-order valence-corrected chi connectivity index (χ4v) is 2.23. The Morgan fingerprint density at radius 1 is 1.29 bits per heavy atom. The van der Waals surface area contributed by atoms with Crippen LogP contribution in [-0.4, -0.2) is 11.9 Å². The smallest absolute Gasteiger partial charge is 0.254 e. The molecule has 0 heterocycles. The van der Waals surface area contributed by atoms with Gasteiger partial charge in [-0.05, 0) is 31.0 Å². The molecule has 1 amide bonds. The molecule has 3 N–H and O–H groups in total. The Labute approximate surface area is 100 Å². The summed E-state index contributed by atoms with van der Waals surface area (Å²) in [5.41, 5.74) is 5.84. The highest BCUT2D eigenvalue weighted by Crippen LogP contribution is 2.18. The Balaban J connectivity index is 2.03. The summed E-state index contributed by atoms with van der Waals surface area (Å²) >= 11 is 0. The molecule has 2 rings (SSSR count). The summed E-state index contributed by atoms with van der Waals surface area (Å²) in [7, 11) is 0. The SMILES string of the molecule is Nc1ccc(C(=O)NC2CCCCC2)c(F)c1. The van der Waals surface area contributed by atoms with Crippen LogP contribution >= 0.6 is 0 Å². The van der Waals surface area contributed by atoms with Crippen LogP contribution in [-0.2, 0) is 0 Å². The van der Waals surface area contributed by atoms with Crippen LogP contribution in [0.5, 0.6) is 0 Å². The third kappa shape index (κ3) is 2.96. The predicted octanol–water partition coefficient (Wildman–Crippen LogP) is 2.47. The van der Waals surface area contributed by atoms with Crippen molar-refractivity contribution in [1.29, 1.82) is 0 Å². The van der Waals surface area contributed by atoms with E-state index < -0.39 is 5.82 Å². The van der Waals surface area contributed by atoms with Crippen LogP contribution in [0.3, 0.4) is 0 Å². The van der Waals surface area contributed by atoms with Gasteiger partial charge in [-0.2, -0.15) is 0 Å². The third-order valence-electron chi connectivity index (χ3n) is 3.18. The first kappa shape index (κ1) is 11.9. The lowest BCUT2D eigenvalue weighted by atomic mass is 9.95. The number of carbonyl (C=O) groups excluding carboxylic acids is 1. The van der Waals surface area contributed by atoms with Crippen LogP contribution in [0.4, 0.5) is 10.1 Å². The molecule has 4 heteroatoms. The van der Waals surface area contributed by atoms with E-state index >= 15 is 0 Å². The summed E-state index contributed by atoms with van der Waals surface area (Å²) < 4.78 is 13.5. The monoisotopic (exact) mass is 236 g/mol. The van der Waals surface area contributed by atoms with Gasteiger partial charge in [0, 0.05) is 11.7 Å². The van der Waals surface area contributed by atoms with Crippen molar-refractivity contribution in [3.8, 4) is 0 Å². The zero-order valence-corrected chi connectivity index (χ0v) is 9.71. The van der Waals surface area contributed by atoms with Crippen molar-refractivity contribution in [2.24, 2.45) is 0 Å². The van der Waals surface area contributed by atoms with Gasteiger partial charge in [0.15, 0.2) is 0 Å². The lowest BCUT2D eigenvalue weighted by Crippen LogP contribution is -2.36. The number of carbonyl (C=O) groups is 1. The maximum atomic E-state index is 13.5. The maximum absolute atomic E-state index is 13.5. The normalized spacial score (nSPS) is 16.8. The van der Waals surface area contributed by atoms with Gasteiger partial charge in [-0.15, -0.1) is 0 Å². The van der Waals surface area contributed by atoms with Gasteiger partial charge >= 0.3 is 0 Å². The Kier molecular flexibility index (Phi) is 3.61. The van der Waals surface area contributed by atoms with E-state index in [0.717, 1.165) is 25.7 Å². The van der Waals surface area contributed by atoms with Gasteiger partial charge in [0.1, 0.15) is 5.82 Å². The minimum Gasteiger partial charge on any atom is -0.399 e. The number of hydrogen-bond acceptors (Lipinski definition) is 2. The van der Waals surface area contributed by atoms with Gasteiger partial charge in [0.05, 0.1) is 5.56 Å². The maximum Gasteiger partial charge on any atom is 0.254 e. The lowest BCUT2D eigenvalue weighted by Gasteiger charge is -2.22. The van der Waals surface area contributed by atoms with Crippen molar-refractivity contribution in [3.63, 3.8) is 0 Å². The molecule has 0 aliphatic heterocycles. The molecule has 0 saturated heterocycles. The molecule has 0 radical (unpaired) electrons. The van der Waals surface area contributed by atoms with Crippen LogP contribution in [0, 0.1) is 5.82 Å². The van der Waals surface area contributed by atoms with E-state index in [1.54, 1.807) is 6.07 Å². The largest absolute Gasteiger partial charge is 0.399 e. The van der Waals surface area contributed by atoms with Gasteiger partial charge in [0.2, 0.25) is 0 Å². The molecule has 1 fully saturated rings. The molecule has 0 spiro atoms. The molecule has 0 atom stereocenters. The predicted molar refractivity (Wildman–Crippen MR) is 65.2 cm³/mol. The van der Waals surface area contributed by atoms with Crippen molar-refractivity contribution in [3.05, 3.63) is 29.6 Å². The quantitative estimate of drug-likeness (QED) is 0.775. The summed E-state index contributed by atoms with van der Waals surface area (Å²) in [5.74, 6) is -0.896. The zero-order valence-electron chi connectivity index (χ0n) is 9.71. The first-order valence-corrected chi connectivity index (χ1v) is 6.02. The molecule has 1 aliphatic rings. The number of nitrogen functional groups attached to an aromatic ring is 1. The van der Waals surface area contributed by atoms with Crippen molar-refractivity contribution < 1.29 is 9.18 Å². The summed E-state index contributed by atoms with van der Waals surface area (Å²) in [4.78, 5) is 11.9. The number of halogens is 1. The first-order valence-electron chi connectivity index (χ1n) is 6.02. The molecular formula is C13H17FN2O. The molecule has 0 unspecified atom stereocenters. The molecular weight excluding hydrogens is 219 g/mol. The Hall–Kier alpha value is -1.58. The van der Waals surface area contributed by atoms with E-state index in [-0.39, 0.29) is 17.5 Å². The van der Waals surface area contributed by atoms with Crippen molar-refractivity contribution in [2.75, 3.05) is 5.73 Å². The van der Waals surface area contributed by atoms with Gasteiger partial charge in [-0.1, -0.05) is 19.3 Å². The van der Waals surface area contributed by atoms with Crippen LogP contribution < -0.4 is 11.1 Å². The topological polar surface area (TPSA) is 55.1 Å².